The van der Waals surface area contributed by atoms with Crippen molar-refractivity contribution >= 4 is 12.2 Å². The van der Waals surface area contributed by atoms with E-state index >= 15 is 0 Å². The van der Waals surface area contributed by atoms with Crippen LogP contribution in [0.25, 0.3) is 0 Å². The van der Waals surface area contributed by atoms with Crippen molar-refractivity contribution < 1.29 is 0 Å². The van der Waals surface area contributed by atoms with E-state index in [9.17, 15) is 0 Å². The standard InChI is InChI=1S/C8H14N4S/c1-11-4-2-3-7(11)5-12-6-9-10-8(12)13/h6-7H,2-5H2,1H3,(H,10,13). The van der Waals surface area contributed by atoms with Crippen LogP contribution in [0.2, 0.25) is 0 Å². The summed E-state index contributed by atoms with van der Waals surface area (Å²) in [5.41, 5.74) is 0. The maximum Gasteiger partial charge on any atom is 0.194 e. The van der Waals surface area contributed by atoms with Gasteiger partial charge in [0.05, 0.1) is 0 Å². The van der Waals surface area contributed by atoms with Crippen molar-refractivity contribution in [3.8, 4) is 0 Å². The van der Waals surface area contributed by atoms with E-state index in [-0.39, 0.29) is 0 Å². The molecule has 1 aromatic rings. The van der Waals surface area contributed by atoms with Crippen molar-refractivity contribution in [2.75, 3.05) is 13.6 Å². The third-order valence-electron chi connectivity index (χ3n) is 2.70. The van der Waals surface area contributed by atoms with Crippen LogP contribution in [0, 0.1) is 4.77 Å². The van der Waals surface area contributed by atoms with E-state index in [1.807, 2.05) is 4.57 Å². The summed E-state index contributed by atoms with van der Waals surface area (Å²) in [6, 6.07) is 0.629. The van der Waals surface area contributed by atoms with Gasteiger partial charge in [-0.25, -0.2) is 0 Å². The lowest BCUT2D eigenvalue weighted by Gasteiger charge is -2.19. The predicted octanol–water partition coefficient (Wildman–Crippen LogP) is 1.03. The van der Waals surface area contributed by atoms with Crippen molar-refractivity contribution in [2.24, 2.45) is 0 Å². The van der Waals surface area contributed by atoms with Gasteiger partial charge in [0, 0.05) is 12.6 Å². The molecule has 72 valence electrons. The van der Waals surface area contributed by atoms with Crippen LogP contribution in [0.5, 0.6) is 0 Å². The number of rotatable bonds is 2. The molecule has 1 N–H and O–H groups in total. The van der Waals surface area contributed by atoms with Crippen LogP contribution in [0.4, 0.5) is 0 Å². The number of hydrogen-bond donors (Lipinski definition) is 1. The normalized spacial score (nSPS) is 23.9. The van der Waals surface area contributed by atoms with Crippen LogP contribution < -0.4 is 0 Å². The summed E-state index contributed by atoms with van der Waals surface area (Å²) >= 11 is 5.08. The zero-order valence-corrected chi connectivity index (χ0v) is 8.55. The first-order valence-corrected chi connectivity index (χ1v) is 4.98. The highest BCUT2D eigenvalue weighted by Gasteiger charge is 2.20. The van der Waals surface area contributed by atoms with Gasteiger partial charge in [-0.15, -0.1) is 0 Å². The van der Waals surface area contributed by atoms with Crippen molar-refractivity contribution in [3.63, 3.8) is 0 Å². The van der Waals surface area contributed by atoms with Crippen LogP contribution in [0.3, 0.4) is 0 Å². The van der Waals surface area contributed by atoms with Crippen LogP contribution >= 0.6 is 12.2 Å². The monoisotopic (exact) mass is 198 g/mol. The first kappa shape index (κ1) is 8.90. The molecule has 13 heavy (non-hydrogen) atoms. The van der Waals surface area contributed by atoms with Gasteiger partial charge in [-0.3, -0.25) is 5.10 Å². The molecule has 0 aliphatic carbocycles. The van der Waals surface area contributed by atoms with Gasteiger partial charge in [0.1, 0.15) is 6.33 Å². The number of aromatic nitrogens is 3. The van der Waals surface area contributed by atoms with E-state index in [0.717, 1.165) is 11.3 Å². The predicted molar refractivity (Wildman–Crippen MR) is 53.1 cm³/mol. The lowest BCUT2D eigenvalue weighted by atomic mass is 10.2. The lowest BCUT2D eigenvalue weighted by molar-refractivity contribution is 0.281. The SMILES string of the molecule is CN1CCCC1Cn1cn[nH]c1=S. The highest BCUT2D eigenvalue weighted by Crippen LogP contribution is 2.16. The molecule has 0 spiro atoms. The first-order chi connectivity index (χ1) is 6.27. The summed E-state index contributed by atoms with van der Waals surface area (Å²) < 4.78 is 2.72. The quantitative estimate of drug-likeness (QED) is 0.721. The molecule has 1 aliphatic heterocycles. The van der Waals surface area contributed by atoms with E-state index in [2.05, 4.69) is 22.1 Å². The molecule has 0 amide bonds. The number of nitrogens with zero attached hydrogens (tertiary/aromatic N) is 3. The number of likely N-dealkylation sites (tertiary alicyclic amines) is 1. The second-order valence-electron chi connectivity index (χ2n) is 3.59. The summed E-state index contributed by atoms with van der Waals surface area (Å²) in [6.45, 7) is 2.17. The molecule has 1 fully saturated rings. The molecule has 4 nitrogen and oxygen atoms in total. The van der Waals surface area contributed by atoms with E-state index in [4.69, 9.17) is 12.2 Å². The molecule has 1 aliphatic rings. The Morgan fingerprint density at radius 2 is 2.62 bits per heavy atom. The van der Waals surface area contributed by atoms with Gasteiger partial charge in [-0.05, 0) is 38.7 Å². The van der Waals surface area contributed by atoms with Crippen molar-refractivity contribution in [2.45, 2.75) is 25.4 Å². The van der Waals surface area contributed by atoms with E-state index in [1.54, 1.807) is 6.33 Å². The number of H-pyrrole nitrogens is 1. The van der Waals surface area contributed by atoms with E-state index in [1.165, 1.54) is 19.4 Å². The number of likely N-dealkylation sites (N-methyl/N-ethyl adjacent to an activating group) is 1. The highest BCUT2D eigenvalue weighted by atomic mass is 32.1. The van der Waals surface area contributed by atoms with Crippen molar-refractivity contribution in [1.29, 1.82) is 0 Å². The summed E-state index contributed by atoms with van der Waals surface area (Å²) in [6.07, 6.45) is 4.34. The maximum absolute atomic E-state index is 5.08. The molecule has 0 aromatic carbocycles. The van der Waals surface area contributed by atoms with Gasteiger partial charge >= 0.3 is 0 Å². The summed E-state index contributed by atoms with van der Waals surface area (Å²) in [4.78, 5) is 2.38. The third kappa shape index (κ3) is 1.81. The first-order valence-electron chi connectivity index (χ1n) is 4.57. The minimum atomic E-state index is 0.629. The van der Waals surface area contributed by atoms with E-state index < -0.39 is 0 Å². The Morgan fingerprint density at radius 3 is 3.15 bits per heavy atom. The Labute approximate surface area is 82.6 Å². The van der Waals surface area contributed by atoms with Gasteiger partial charge in [0.2, 0.25) is 0 Å². The van der Waals surface area contributed by atoms with Gasteiger partial charge in [-0.1, -0.05) is 0 Å². The second kappa shape index (κ2) is 3.59. The minimum Gasteiger partial charge on any atom is -0.305 e. The van der Waals surface area contributed by atoms with Crippen LogP contribution in [0.15, 0.2) is 6.33 Å². The second-order valence-corrected chi connectivity index (χ2v) is 3.98. The Bertz CT molecular complexity index is 329. The molecule has 0 bridgehead atoms. The molecule has 2 heterocycles. The third-order valence-corrected chi connectivity index (χ3v) is 3.02. The van der Waals surface area contributed by atoms with Gasteiger partial charge in [0.15, 0.2) is 4.77 Å². The fourth-order valence-corrected chi connectivity index (χ4v) is 2.01. The van der Waals surface area contributed by atoms with E-state index in [0.29, 0.717) is 6.04 Å². The van der Waals surface area contributed by atoms with Crippen molar-refractivity contribution in [1.82, 2.24) is 19.7 Å². The molecule has 1 aromatic heterocycles. The molecule has 1 unspecified atom stereocenters. The highest BCUT2D eigenvalue weighted by molar-refractivity contribution is 7.71. The largest absolute Gasteiger partial charge is 0.305 e. The summed E-state index contributed by atoms with van der Waals surface area (Å²) in [5.74, 6) is 0. The average molecular weight is 198 g/mol. The number of hydrogen-bond acceptors (Lipinski definition) is 3. The topological polar surface area (TPSA) is 36.9 Å². The molecule has 5 heteroatoms. The molecule has 1 atom stereocenters. The van der Waals surface area contributed by atoms with Gasteiger partial charge in [-0.2, -0.15) is 5.10 Å². The maximum atomic E-state index is 5.08. The molecule has 0 radical (unpaired) electrons. The fourth-order valence-electron chi connectivity index (χ4n) is 1.84. The molecule has 1 saturated heterocycles. The fraction of sp³-hybridized carbons (Fsp3) is 0.750. The molecule has 0 saturated carbocycles. The average Bonchev–Trinajstić information content (AvgIpc) is 2.65. The zero-order valence-electron chi connectivity index (χ0n) is 7.73. The van der Waals surface area contributed by atoms with Crippen LogP contribution in [-0.4, -0.2) is 39.3 Å². The van der Waals surface area contributed by atoms with Crippen LogP contribution in [-0.2, 0) is 6.54 Å². The molecular formula is C8H14N4S. The Balaban J connectivity index is 2.06. The lowest BCUT2D eigenvalue weighted by Crippen LogP contribution is -2.29. The minimum absolute atomic E-state index is 0.629. The van der Waals surface area contributed by atoms with Crippen LogP contribution in [0.1, 0.15) is 12.8 Å². The number of aromatic amines is 1. The molecule has 2 rings (SSSR count). The van der Waals surface area contributed by atoms with Crippen molar-refractivity contribution in [3.05, 3.63) is 11.1 Å². The molecular weight excluding hydrogens is 184 g/mol. The number of nitrogens with one attached hydrogen (secondary N) is 1. The summed E-state index contributed by atoms with van der Waals surface area (Å²) in [5, 5.41) is 6.67. The Kier molecular flexibility index (Phi) is 2.46. The smallest absolute Gasteiger partial charge is 0.194 e. The van der Waals surface area contributed by atoms with Gasteiger partial charge < -0.3 is 9.47 Å². The zero-order chi connectivity index (χ0) is 9.26. The Morgan fingerprint density at radius 1 is 1.77 bits per heavy atom. The Hall–Kier alpha value is -0.680. The summed E-state index contributed by atoms with van der Waals surface area (Å²) in [7, 11) is 2.17. The van der Waals surface area contributed by atoms with Gasteiger partial charge in [0.25, 0.3) is 0 Å².